The van der Waals surface area contributed by atoms with Crippen LogP contribution in [0.1, 0.15) is 19.3 Å². The van der Waals surface area contributed by atoms with Crippen LogP contribution in [0.3, 0.4) is 0 Å². The number of halogens is 1. The number of aromatic hydroxyl groups is 1. The summed E-state index contributed by atoms with van der Waals surface area (Å²) in [5.41, 5.74) is 1.61. The first-order valence-corrected chi connectivity index (χ1v) is 9.54. The normalized spacial score (nSPS) is 19.3. The Morgan fingerprint density at radius 2 is 2.00 bits per heavy atom. The van der Waals surface area contributed by atoms with Gasteiger partial charge in [0.2, 0.25) is 0 Å². The number of phenolic OH excluding ortho intramolecular Hbond substituents is 1. The number of hydrogen-bond acceptors (Lipinski definition) is 6. The van der Waals surface area contributed by atoms with Gasteiger partial charge in [-0.3, -0.25) is 5.10 Å². The largest absolute Gasteiger partial charge is 0.507 e. The van der Waals surface area contributed by atoms with Crippen molar-refractivity contribution in [1.82, 2.24) is 25.7 Å². The van der Waals surface area contributed by atoms with Gasteiger partial charge in [0.15, 0.2) is 5.82 Å². The second kappa shape index (κ2) is 6.87. The molecule has 2 fully saturated rings. The van der Waals surface area contributed by atoms with Gasteiger partial charge in [0.25, 0.3) is 0 Å². The lowest BCUT2D eigenvalue weighted by molar-refractivity contribution is 0.475. The number of hydrogen-bond donors (Lipinski definition) is 3. The molecule has 1 saturated carbocycles. The highest BCUT2D eigenvalue weighted by Crippen LogP contribution is 2.34. The van der Waals surface area contributed by atoms with Crippen LogP contribution >= 0.6 is 0 Å². The van der Waals surface area contributed by atoms with Gasteiger partial charge in [-0.25, -0.2) is 4.39 Å². The lowest BCUT2D eigenvalue weighted by Crippen LogP contribution is -2.34. The Hall–Kier alpha value is -3.00. The van der Waals surface area contributed by atoms with Crippen LogP contribution < -0.4 is 10.2 Å². The third kappa shape index (κ3) is 3.31. The molecule has 0 radical (unpaired) electrons. The summed E-state index contributed by atoms with van der Waals surface area (Å²) in [6.07, 6.45) is 6.75. The van der Waals surface area contributed by atoms with Crippen LogP contribution in [0.25, 0.3) is 22.4 Å². The fraction of sp³-hybridized carbons (Fsp3) is 0.350. The van der Waals surface area contributed by atoms with E-state index >= 15 is 0 Å². The number of nitrogens with one attached hydrogen (secondary N) is 2. The van der Waals surface area contributed by atoms with E-state index in [2.05, 4.69) is 30.6 Å². The van der Waals surface area contributed by atoms with Crippen LogP contribution in [-0.2, 0) is 0 Å². The van der Waals surface area contributed by atoms with E-state index in [1.807, 2.05) is 6.07 Å². The number of anilines is 1. The van der Waals surface area contributed by atoms with Crippen molar-refractivity contribution in [3.8, 4) is 28.1 Å². The van der Waals surface area contributed by atoms with Gasteiger partial charge in [0, 0.05) is 48.1 Å². The molecule has 0 spiro atoms. The van der Waals surface area contributed by atoms with Crippen molar-refractivity contribution in [3.05, 3.63) is 42.5 Å². The molecule has 0 unspecified atom stereocenters. The minimum atomic E-state index is -0.450. The maximum atomic E-state index is 14.5. The molecule has 8 heteroatoms. The number of aromatic nitrogens is 4. The molecule has 1 aliphatic heterocycles. The van der Waals surface area contributed by atoms with E-state index in [0.29, 0.717) is 28.9 Å². The van der Waals surface area contributed by atoms with Gasteiger partial charge in [0.05, 0.1) is 11.9 Å². The zero-order chi connectivity index (χ0) is 19.1. The summed E-state index contributed by atoms with van der Waals surface area (Å²) in [7, 11) is 0. The summed E-state index contributed by atoms with van der Waals surface area (Å²) in [4.78, 5) is 2.21. The lowest BCUT2D eigenvalue weighted by Gasteiger charge is -2.17. The average Bonchev–Trinajstić information content (AvgIpc) is 3.17. The average molecular weight is 380 g/mol. The molecule has 28 heavy (non-hydrogen) atoms. The van der Waals surface area contributed by atoms with Gasteiger partial charge in [-0.1, -0.05) is 0 Å². The second-order valence-corrected chi connectivity index (χ2v) is 7.49. The van der Waals surface area contributed by atoms with Gasteiger partial charge in [-0.05, 0) is 43.5 Å². The minimum absolute atomic E-state index is 0.0467. The molecule has 1 aromatic carbocycles. The number of phenols is 1. The molecule has 1 saturated heterocycles. The monoisotopic (exact) mass is 380 g/mol. The Labute approximate surface area is 161 Å². The highest BCUT2D eigenvalue weighted by Gasteiger charge is 2.29. The summed E-state index contributed by atoms with van der Waals surface area (Å²) in [5.74, 6) is 0.307. The van der Waals surface area contributed by atoms with Crippen LogP contribution in [0.5, 0.6) is 5.75 Å². The van der Waals surface area contributed by atoms with E-state index in [-0.39, 0.29) is 11.3 Å². The van der Waals surface area contributed by atoms with Gasteiger partial charge in [-0.15, -0.1) is 10.2 Å². The van der Waals surface area contributed by atoms with Gasteiger partial charge < -0.3 is 15.3 Å². The Kier molecular flexibility index (Phi) is 4.20. The second-order valence-electron chi connectivity index (χ2n) is 7.49. The molecule has 3 aromatic rings. The zero-order valence-corrected chi connectivity index (χ0v) is 15.3. The van der Waals surface area contributed by atoms with Gasteiger partial charge in [-0.2, -0.15) is 5.10 Å². The maximum absolute atomic E-state index is 14.5. The number of aromatic amines is 1. The highest BCUT2D eigenvalue weighted by molar-refractivity contribution is 5.74. The molecule has 0 amide bonds. The summed E-state index contributed by atoms with van der Waals surface area (Å²) >= 11 is 0. The molecule has 144 valence electrons. The van der Waals surface area contributed by atoms with Crippen molar-refractivity contribution in [2.75, 3.05) is 18.0 Å². The predicted molar refractivity (Wildman–Crippen MR) is 103 cm³/mol. The van der Waals surface area contributed by atoms with Crippen molar-refractivity contribution in [3.63, 3.8) is 0 Å². The van der Waals surface area contributed by atoms with Crippen LogP contribution in [0.4, 0.5) is 10.2 Å². The molecule has 1 atom stereocenters. The predicted octanol–water partition coefficient (Wildman–Crippen LogP) is 2.71. The molecule has 0 bridgehead atoms. The Balaban J connectivity index is 1.35. The topological polar surface area (TPSA) is 90.0 Å². The fourth-order valence-corrected chi connectivity index (χ4v) is 3.71. The molecule has 2 aromatic heterocycles. The molecule has 3 N–H and O–H groups in total. The third-order valence-electron chi connectivity index (χ3n) is 5.38. The molecule has 5 rings (SSSR count). The molecule has 1 aliphatic carbocycles. The summed E-state index contributed by atoms with van der Waals surface area (Å²) < 4.78 is 14.5. The first kappa shape index (κ1) is 17.1. The van der Waals surface area contributed by atoms with Gasteiger partial charge in [0.1, 0.15) is 11.6 Å². The first-order valence-electron chi connectivity index (χ1n) is 9.54. The molecule has 3 heterocycles. The summed E-state index contributed by atoms with van der Waals surface area (Å²) in [6, 6.07) is 7.52. The Morgan fingerprint density at radius 3 is 2.71 bits per heavy atom. The van der Waals surface area contributed by atoms with Crippen LogP contribution in [0.2, 0.25) is 0 Å². The van der Waals surface area contributed by atoms with E-state index < -0.39 is 5.82 Å². The smallest absolute Gasteiger partial charge is 0.151 e. The number of nitrogens with zero attached hydrogens (tertiary/aromatic N) is 4. The highest BCUT2D eigenvalue weighted by atomic mass is 19.1. The van der Waals surface area contributed by atoms with Crippen LogP contribution in [0, 0.1) is 5.82 Å². The third-order valence-corrected chi connectivity index (χ3v) is 5.38. The zero-order valence-electron chi connectivity index (χ0n) is 15.3. The van der Waals surface area contributed by atoms with Crippen LogP contribution in [-0.4, -0.2) is 50.7 Å². The summed E-state index contributed by atoms with van der Waals surface area (Å²) in [5, 5.41) is 29.0. The molecule has 7 nitrogen and oxygen atoms in total. The fourth-order valence-electron chi connectivity index (χ4n) is 3.71. The first-order chi connectivity index (χ1) is 13.7. The van der Waals surface area contributed by atoms with Gasteiger partial charge >= 0.3 is 0 Å². The van der Waals surface area contributed by atoms with Crippen molar-refractivity contribution in [1.29, 1.82) is 0 Å². The van der Waals surface area contributed by atoms with E-state index in [0.717, 1.165) is 25.3 Å². The number of benzene rings is 1. The Bertz CT molecular complexity index is 971. The maximum Gasteiger partial charge on any atom is 0.151 e. The quantitative estimate of drug-likeness (QED) is 0.631. The number of H-pyrrole nitrogens is 1. The Morgan fingerprint density at radius 1 is 1.11 bits per heavy atom. The molecular weight excluding hydrogens is 359 g/mol. The van der Waals surface area contributed by atoms with E-state index in [4.69, 9.17) is 0 Å². The minimum Gasteiger partial charge on any atom is -0.507 e. The summed E-state index contributed by atoms with van der Waals surface area (Å²) in [6.45, 7) is 1.86. The SMILES string of the molecule is Oc1cc(-c2cn[nH]c2)c(F)cc1-c1ccc(N2CC[C@@H](NC3CC3)C2)nn1. The van der Waals surface area contributed by atoms with E-state index in [9.17, 15) is 9.50 Å². The van der Waals surface area contributed by atoms with E-state index in [1.165, 1.54) is 31.2 Å². The lowest BCUT2D eigenvalue weighted by atomic mass is 10.0. The van der Waals surface area contributed by atoms with Crippen molar-refractivity contribution in [2.45, 2.75) is 31.3 Å². The standard InChI is InChI=1S/C20H21FN6O/c21-17-7-16(19(28)8-15(17)12-9-22-23-10-12)18-3-4-20(26-25-18)27-6-5-14(11-27)24-13-1-2-13/h3-4,7-10,13-14,24,28H,1-2,5-6,11H2,(H,22,23)/t14-/m1/s1. The van der Waals surface area contributed by atoms with Crippen molar-refractivity contribution in [2.24, 2.45) is 0 Å². The van der Waals surface area contributed by atoms with Crippen molar-refractivity contribution >= 4 is 5.82 Å². The van der Waals surface area contributed by atoms with E-state index in [1.54, 1.807) is 12.3 Å². The number of rotatable bonds is 5. The van der Waals surface area contributed by atoms with Crippen LogP contribution in [0.15, 0.2) is 36.7 Å². The molecular formula is C20H21FN6O. The van der Waals surface area contributed by atoms with Crippen molar-refractivity contribution < 1.29 is 9.50 Å². The molecule has 2 aliphatic rings.